The summed E-state index contributed by atoms with van der Waals surface area (Å²) >= 11 is 6.87. The van der Waals surface area contributed by atoms with Gasteiger partial charge in [-0.2, -0.15) is 5.10 Å². The Morgan fingerprint density at radius 3 is 2.31 bits per heavy atom. The molecule has 0 fully saturated rings. The number of anilines is 1. The standard InChI is InChI=1S/C26H24Br2N4O3/c1-32(2)21-11-9-17(10-12-21)13-23(30-25(33)18-7-5-4-6-8-18)26(34)31-29-16-19-14-20(27)15-22(28)24(19)35-3/h4-16H,1-3H3,(H,30,33)(H,31,34). The van der Waals surface area contributed by atoms with E-state index >= 15 is 0 Å². The Hall–Kier alpha value is -3.43. The summed E-state index contributed by atoms with van der Waals surface area (Å²) in [5, 5.41) is 6.76. The molecule has 2 amide bonds. The molecule has 0 radical (unpaired) electrons. The Morgan fingerprint density at radius 2 is 1.69 bits per heavy atom. The number of ether oxygens (including phenoxy) is 1. The van der Waals surface area contributed by atoms with E-state index < -0.39 is 11.8 Å². The minimum absolute atomic E-state index is 0.0518. The van der Waals surface area contributed by atoms with Crippen molar-refractivity contribution in [3.8, 4) is 5.75 Å². The predicted octanol–water partition coefficient (Wildman–Crippen LogP) is 5.21. The number of nitrogens with one attached hydrogen (secondary N) is 2. The molecule has 0 spiro atoms. The van der Waals surface area contributed by atoms with Crippen LogP contribution in [-0.4, -0.2) is 39.2 Å². The van der Waals surface area contributed by atoms with Gasteiger partial charge >= 0.3 is 0 Å². The highest BCUT2D eigenvalue weighted by Gasteiger charge is 2.15. The van der Waals surface area contributed by atoms with Gasteiger partial charge in [-0.1, -0.05) is 46.3 Å². The van der Waals surface area contributed by atoms with Gasteiger partial charge in [-0.15, -0.1) is 0 Å². The van der Waals surface area contributed by atoms with Crippen LogP contribution >= 0.6 is 31.9 Å². The third-order valence-corrected chi connectivity index (χ3v) is 5.91. The fraction of sp³-hybridized carbons (Fsp3) is 0.115. The Kier molecular flexibility index (Phi) is 9.22. The maximum Gasteiger partial charge on any atom is 0.287 e. The van der Waals surface area contributed by atoms with Gasteiger partial charge in [0.25, 0.3) is 11.8 Å². The summed E-state index contributed by atoms with van der Waals surface area (Å²) in [5.74, 6) is -0.408. The van der Waals surface area contributed by atoms with Gasteiger partial charge in [0, 0.05) is 35.4 Å². The summed E-state index contributed by atoms with van der Waals surface area (Å²) < 4.78 is 6.95. The normalized spacial score (nSPS) is 11.3. The van der Waals surface area contributed by atoms with Crippen LogP contribution in [0.5, 0.6) is 5.75 Å². The highest BCUT2D eigenvalue weighted by atomic mass is 79.9. The summed E-state index contributed by atoms with van der Waals surface area (Å²) in [7, 11) is 5.44. The van der Waals surface area contributed by atoms with E-state index in [0.717, 1.165) is 20.2 Å². The maximum absolute atomic E-state index is 13.0. The van der Waals surface area contributed by atoms with Gasteiger partial charge in [0.05, 0.1) is 17.8 Å². The van der Waals surface area contributed by atoms with Crippen molar-refractivity contribution in [3.63, 3.8) is 0 Å². The average molecular weight is 600 g/mol. The van der Waals surface area contributed by atoms with Crippen LogP contribution < -0.4 is 20.4 Å². The molecule has 0 heterocycles. The zero-order valence-corrected chi connectivity index (χ0v) is 22.6. The smallest absolute Gasteiger partial charge is 0.287 e. The number of rotatable bonds is 8. The second-order valence-corrected chi connectivity index (χ2v) is 9.34. The highest BCUT2D eigenvalue weighted by Crippen LogP contribution is 2.31. The van der Waals surface area contributed by atoms with Crippen molar-refractivity contribution in [2.24, 2.45) is 5.10 Å². The first kappa shape index (κ1) is 26.2. The zero-order chi connectivity index (χ0) is 25.4. The zero-order valence-electron chi connectivity index (χ0n) is 19.4. The van der Waals surface area contributed by atoms with E-state index in [1.165, 1.54) is 6.21 Å². The van der Waals surface area contributed by atoms with Gasteiger partial charge in [0.15, 0.2) is 0 Å². The van der Waals surface area contributed by atoms with Gasteiger partial charge in [-0.25, -0.2) is 5.43 Å². The van der Waals surface area contributed by atoms with Crippen LogP contribution in [0.4, 0.5) is 5.69 Å². The molecular weight excluding hydrogens is 576 g/mol. The molecule has 7 nitrogen and oxygen atoms in total. The van der Waals surface area contributed by atoms with E-state index in [1.807, 2.05) is 55.4 Å². The Balaban J connectivity index is 1.86. The third kappa shape index (κ3) is 7.27. The second-order valence-electron chi connectivity index (χ2n) is 7.57. The molecule has 180 valence electrons. The van der Waals surface area contributed by atoms with Crippen molar-refractivity contribution in [3.05, 3.63) is 98.1 Å². The first-order valence-corrected chi connectivity index (χ1v) is 12.1. The first-order chi connectivity index (χ1) is 16.8. The molecule has 0 aliphatic heterocycles. The predicted molar refractivity (Wildman–Crippen MR) is 147 cm³/mol. The molecule has 0 aliphatic rings. The maximum atomic E-state index is 13.0. The first-order valence-electron chi connectivity index (χ1n) is 10.5. The molecule has 3 aromatic carbocycles. The quantitative estimate of drug-likeness (QED) is 0.212. The molecule has 0 aromatic heterocycles. The minimum atomic E-state index is -0.574. The van der Waals surface area contributed by atoms with Gasteiger partial charge in [0.1, 0.15) is 11.4 Å². The van der Waals surface area contributed by atoms with Crippen molar-refractivity contribution in [1.82, 2.24) is 10.7 Å². The molecule has 0 unspecified atom stereocenters. The molecule has 3 rings (SSSR count). The molecule has 0 aliphatic carbocycles. The lowest BCUT2D eigenvalue weighted by Gasteiger charge is -2.13. The second kappa shape index (κ2) is 12.3. The Labute approximate surface area is 221 Å². The van der Waals surface area contributed by atoms with Crippen molar-refractivity contribution in [1.29, 1.82) is 0 Å². The molecule has 0 atom stereocenters. The number of hydrogen-bond acceptors (Lipinski definition) is 5. The van der Waals surface area contributed by atoms with Crippen molar-refractivity contribution in [2.75, 3.05) is 26.1 Å². The number of methoxy groups -OCH3 is 1. The highest BCUT2D eigenvalue weighted by molar-refractivity contribution is 9.11. The van der Waals surface area contributed by atoms with E-state index in [0.29, 0.717) is 16.9 Å². The molecule has 3 aromatic rings. The number of nitrogens with zero attached hydrogens (tertiary/aromatic N) is 2. The molecule has 9 heteroatoms. The minimum Gasteiger partial charge on any atom is -0.495 e. The third-order valence-electron chi connectivity index (χ3n) is 4.86. The lowest BCUT2D eigenvalue weighted by Crippen LogP contribution is -2.32. The van der Waals surface area contributed by atoms with E-state index in [-0.39, 0.29) is 5.70 Å². The summed E-state index contributed by atoms with van der Waals surface area (Å²) in [4.78, 5) is 27.7. The summed E-state index contributed by atoms with van der Waals surface area (Å²) in [6.45, 7) is 0. The fourth-order valence-corrected chi connectivity index (χ4v) is 4.51. The number of hydrogen-bond donors (Lipinski definition) is 2. The lowest BCUT2D eigenvalue weighted by molar-refractivity contribution is -0.117. The van der Waals surface area contributed by atoms with Gasteiger partial charge < -0.3 is 15.0 Å². The Bertz CT molecular complexity index is 1260. The summed E-state index contributed by atoms with van der Waals surface area (Å²) in [6.07, 6.45) is 3.07. The number of carbonyl (C=O) groups is 2. The van der Waals surface area contributed by atoms with Gasteiger partial charge in [0.2, 0.25) is 0 Å². The number of benzene rings is 3. The number of halogens is 2. The van der Waals surface area contributed by atoms with E-state index in [2.05, 4.69) is 47.7 Å². The average Bonchev–Trinajstić information content (AvgIpc) is 2.84. The van der Waals surface area contributed by atoms with Gasteiger partial charge in [-0.05, 0) is 64.0 Å². The molecule has 0 bridgehead atoms. The monoisotopic (exact) mass is 598 g/mol. The molecule has 2 N–H and O–H groups in total. The molecule has 0 saturated heterocycles. The number of hydrazone groups is 1. The van der Waals surface area contributed by atoms with Crippen LogP contribution in [0.1, 0.15) is 21.5 Å². The van der Waals surface area contributed by atoms with E-state index in [9.17, 15) is 9.59 Å². The van der Waals surface area contributed by atoms with E-state index in [4.69, 9.17) is 4.74 Å². The molecule has 0 saturated carbocycles. The summed E-state index contributed by atoms with van der Waals surface area (Å²) in [5.41, 5.74) is 5.37. The topological polar surface area (TPSA) is 83.0 Å². The van der Waals surface area contributed by atoms with Crippen LogP contribution in [0.25, 0.3) is 6.08 Å². The molecule has 35 heavy (non-hydrogen) atoms. The van der Waals surface area contributed by atoms with Crippen LogP contribution in [0.3, 0.4) is 0 Å². The lowest BCUT2D eigenvalue weighted by atomic mass is 10.1. The van der Waals surface area contributed by atoms with Crippen LogP contribution in [0, 0.1) is 0 Å². The summed E-state index contributed by atoms with van der Waals surface area (Å²) in [6, 6.07) is 19.9. The number of amides is 2. The molecular formula is C26H24Br2N4O3. The van der Waals surface area contributed by atoms with Crippen LogP contribution in [-0.2, 0) is 4.79 Å². The van der Waals surface area contributed by atoms with E-state index in [1.54, 1.807) is 43.5 Å². The fourth-order valence-electron chi connectivity index (χ4n) is 3.09. The van der Waals surface area contributed by atoms with Crippen molar-refractivity contribution < 1.29 is 14.3 Å². The Morgan fingerprint density at radius 1 is 1.00 bits per heavy atom. The van der Waals surface area contributed by atoms with Crippen molar-refractivity contribution >= 4 is 61.7 Å². The largest absolute Gasteiger partial charge is 0.495 e. The van der Waals surface area contributed by atoms with Gasteiger partial charge in [-0.3, -0.25) is 9.59 Å². The van der Waals surface area contributed by atoms with Crippen LogP contribution in [0.15, 0.2) is 86.5 Å². The van der Waals surface area contributed by atoms with Crippen LogP contribution in [0.2, 0.25) is 0 Å². The SMILES string of the molecule is COc1c(Br)cc(Br)cc1C=NNC(=O)C(=Cc1ccc(N(C)C)cc1)NC(=O)c1ccccc1. The number of carbonyl (C=O) groups excluding carboxylic acids is 2. The van der Waals surface area contributed by atoms with Crippen molar-refractivity contribution in [2.45, 2.75) is 0 Å².